The third-order valence-corrected chi connectivity index (χ3v) is 3.21. The van der Waals surface area contributed by atoms with Crippen molar-refractivity contribution in [3.05, 3.63) is 33.7 Å². The number of pyridine rings is 1. The van der Waals surface area contributed by atoms with E-state index in [1.54, 1.807) is 6.07 Å². The summed E-state index contributed by atoms with van der Waals surface area (Å²) < 4.78 is 1.82. The minimum Gasteiger partial charge on any atom is -0.389 e. The van der Waals surface area contributed by atoms with E-state index < -0.39 is 0 Å². The van der Waals surface area contributed by atoms with Gasteiger partial charge in [-0.05, 0) is 30.4 Å². The molecule has 0 amide bonds. The Morgan fingerprint density at radius 2 is 1.94 bits per heavy atom. The van der Waals surface area contributed by atoms with E-state index in [1.165, 1.54) is 0 Å². The van der Waals surface area contributed by atoms with Crippen molar-refractivity contribution in [1.82, 2.24) is 4.57 Å². The van der Waals surface area contributed by atoms with Crippen molar-refractivity contribution in [3.8, 4) is 0 Å². The first-order chi connectivity index (χ1) is 8.34. The van der Waals surface area contributed by atoms with Crippen LogP contribution in [-0.4, -0.2) is 9.56 Å². The van der Waals surface area contributed by atoms with E-state index in [2.05, 4.69) is 27.7 Å². The maximum absolute atomic E-state index is 12.3. The molecule has 0 saturated carbocycles. The van der Waals surface area contributed by atoms with Crippen LogP contribution in [0.4, 0.5) is 0 Å². The van der Waals surface area contributed by atoms with Crippen LogP contribution >= 0.6 is 12.2 Å². The van der Waals surface area contributed by atoms with E-state index in [1.807, 2.05) is 10.6 Å². The van der Waals surface area contributed by atoms with Crippen LogP contribution in [-0.2, 0) is 6.54 Å². The molecule has 0 spiro atoms. The van der Waals surface area contributed by atoms with Gasteiger partial charge in [0.2, 0.25) is 0 Å². The zero-order valence-corrected chi connectivity index (χ0v) is 12.4. The maximum atomic E-state index is 12.3. The number of rotatable bonds is 5. The zero-order valence-electron chi connectivity index (χ0n) is 11.6. The first-order valence-electron chi connectivity index (χ1n) is 6.38. The van der Waals surface area contributed by atoms with Crippen molar-refractivity contribution in [2.75, 3.05) is 0 Å². The lowest BCUT2D eigenvalue weighted by molar-refractivity contribution is 0.490. The molecule has 0 aliphatic carbocycles. The van der Waals surface area contributed by atoms with Crippen molar-refractivity contribution >= 4 is 17.2 Å². The second-order valence-corrected chi connectivity index (χ2v) is 5.77. The normalized spacial score (nSPS) is 11.2. The molecule has 1 aromatic heterocycles. The molecule has 0 aliphatic heterocycles. The number of aromatic nitrogens is 1. The van der Waals surface area contributed by atoms with Crippen LogP contribution in [0.1, 0.15) is 51.3 Å². The standard InChI is InChI=1S/C14H22N2OS/c1-9(2)7-8-16-12(10(3)4)6-5-11(13(15)18)14(16)17/h5-6,9-10H,7-8H2,1-4H3,(H2,15,18). The molecule has 1 heterocycles. The van der Waals surface area contributed by atoms with Gasteiger partial charge in [0.1, 0.15) is 4.99 Å². The van der Waals surface area contributed by atoms with Gasteiger partial charge < -0.3 is 10.3 Å². The Bertz CT molecular complexity index is 489. The average molecular weight is 266 g/mol. The molecule has 0 fully saturated rings. The summed E-state index contributed by atoms with van der Waals surface area (Å²) in [6, 6.07) is 3.70. The summed E-state index contributed by atoms with van der Waals surface area (Å²) in [4.78, 5) is 12.5. The van der Waals surface area contributed by atoms with Crippen LogP contribution in [0.15, 0.2) is 16.9 Å². The van der Waals surface area contributed by atoms with Crippen molar-refractivity contribution in [1.29, 1.82) is 0 Å². The predicted molar refractivity (Wildman–Crippen MR) is 80.1 cm³/mol. The molecule has 0 aromatic carbocycles. The molecule has 1 rings (SSSR count). The fourth-order valence-electron chi connectivity index (χ4n) is 1.90. The van der Waals surface area contributed by atoms with Gasteiger partial charge in [0, 0.05) is 12.2 Å². The van der Waals surface area contributed by atoms with Gasteiger partial charge in [0.15, 0.2) is 0 Å². The number of hydrogen-bond donors (Lipinski definition) is 1. The maximum Gasteiger partial charge on any atom is 0.261 e. The van der Waals surface area contributed by atoms with E-state index in [9.17, 15) is 4.79 Å². The lowest BCUT2D eigenvalue weighted by Gasteiger charge is -2.17. The van der Waals surface area contributed by atoms with Crippen molar-refractivity contribution in [2.24, 2.45) is 11.7 Å². The Kier molecular flexibility index (Phi) is 5.08. The molecule has 1 aromatic rings. The molecule has 0 aliphatic rings. The topological polar surface area (TPSA) is 48.0 Å². The van der Waals surface area contributed by atoms with E-state index in [4.69, 9.17) is 18.0 Å². The molecule has 0 radical (unpaired) electrons. The van der Waals surface area contributed by atoms with Gasteiger partial charge >= 0.3 is 0 Å². The smallest absolute Gasteiger partial charge is 0.261 e. The fraction of sp³-hybridized carbons (Fsp3) is 0.571. The quantitative estimate of drug-likeness (QED) is 0.834. The van der Waals surface area contributed by atoms with Crippen LogP contribution in [0.5, 0.6) is 0 Å². The molecule has 18 heavy (non-hydrogen) atoms. The largest absolute Gasteiger partial charge is 0.389 e. The second kappa shape index (κ2) is 6.14. The molecule has 2 N–H and O–H groups in total. The zero-order chi connectivity index (χ0) is 13.9. The summed E-state index contributed by atoms with van der Waals surface area (Å²) in [5, 5.41) is 0. The Hall–Kier alpha value is -1.16. The molecule has 100 valence electrons. The molecule has 0 atom stereocenters. The van der Waals surface area contributed by atoms with E-state index in [0.717, 1.165) is 18.7 Å². The summed E-state index contributed by atoms with van der Waals surface area (Å²) >= 11 is 4.92. The van der Waals surface area contributed by atoms with Crippen molar-refractivity contribution in [3.63, 3.8) is 0 Å². The Morgan fingerprint density at radius 1 is 1.33 bits per heavy atom. The van der Waals surface area contributed by atoms with Crippen LogP contribution < -0.4 is 11.3 Å². The molecular weight excluding hydrogens is 244 g/mol. The van der Waals surface area contributed by atoms with Gasteiger partial charge in [-0.15, -0.1) is 0 Å². The molecular formula is C14H22N2OS. The van der Waals surface area contributed by atoms with E-state index >= 15 is 0 Å². The van der Waals surface area contributed by atoms with E-state index in [-0.39, 0.29) is 10.5 Å². The first-order valence-corrected chi connectivity index (χ1v) is 6.79. The lowest BCUT2D eigenvalue weighted by Crippen LogP contribution is -2.31. The van der Waals surface area contributed by atoms with Gasteiger partial charge in [0.05, 0.1) is 5.56 Å². The van der Waals surface area contributed by atoms with E-state index in [0.29, 0.717) is 17.4 Å². The fourth-order valence-corrected chi connectivity index (χ4v) is 2.06. The van der Waals surface area contributed by atoms with Gasteiger partial charge in [-0.3, -0.25) is 4.79 Å². The van der Waals surface area contributed by atoms with Crippen LogP contribution in [0, 0.1) is 5.92 Å². The molecule has 0 bridgehead atoms. The Balaban J connectivity index is 3.27. The Morgan fingerprint density at radius 3 is 2.39 bits per heavy atom. The minimum atomic E-state index is -0.0608. The summed E-state index contributed by atoms with van der Waals surface area (Å²) in [7, 11) is 0. The van der Waals surface area contributed by atoms with Gasteiger partial charge in [-0.1, -0.05) is 39.9 Å². The number of hydrogen-bond acceptors (Lipinski definition) is 2. The second-order valence-electron chi connectivity index (χ2n) is 5.33. The SMILES string of the molecule is CC(C)CCn1c(C(C)C)ccc(C(N)=S)c1=O. The molecule has 4 heteroatoms. The van der Waals surface area contributed by atoms with Crippen LogP contribution in [0.3, 0.4) is 0 Å². The molecule has 0 saturated heterocycles. The third kappa shape index (κ3) is 3.42. The highest BCUT2D eigenvalue weighted by Gasteiger charge is 2.13. The summed E-state index contributed by atoms with van der Waals surface area (Å²) in [6.45, 7) is 9.19. The summed E-state index contributed by atoms with van der Waals surface area (Å²) in [5.74, 6) is 0.871. The monoisotopic (exact) mass is 266 g/mol. The Labute approximate surface area is 114 Å². The van der Waals surface area contributed by atoms with Crippen LogP contribution in [0.2, 0.25) is 0 Å². The van der Waals surface area contributed by atoms with Crippen molar-refractivity contribution in [2.45, 2.75) is 46.6 Å². The average Bonchev–Trinajstić information content (AvgIpc) is 2.25. The highest BCUT2D eigenvalue weighted by Crippen LogP contribution is 2.14. The van der Waals surface area contributed by atoms with Gasteiger partial charge in [0.25, 0.3) is 5.56 Å². The molecule has 0 unspecified atom stereocenters. The molecule has 3 nitrogen and oxygen atoms in total. The lowest BCUT2D eigenvalue weighted by atomic mass is 10.1. The number of thiocarbonyl (C=S) groups is 1. The predicted octanol–water partition coefficient (Wildman–Crippen LogP) is 2.65. The minimum absolute atomic E-state index is 0.0608. The summed E-state index contributed by atoms with van der Waals surface area (Å²) in [6.07, 6.45) is 0.973. The third-order valence-electron chi connectivity index (χ3n) is 3.00. The highest BCUT2D eigenvalue weighted by atomic mass is 32.1. The number of nitrogens with two attached hydrogens (primary N) is 1. The summed E-state index contributed by atoms with van der Waals surface area (Å²) in [5.41, 5.74) is 7.01. The first kappa shape index (κ1) is 14.9. The van der Waals surface area contributed by atoms with Gasteiger partial charge in [-0.2, -0.15) is 0 Å². The van der Waals surface area contributed by atoms with Gasteiger partial charge in [-0.25, -0.2) is 0 Å². The highest BCUT2D eigenvalue weighted by molar-refractivity contribution is 7.80. The number of nitrogens with zero attached hydrogens (tertiary/aromatic N) is 1. The van der Waals surface area contributed by atoms with Crippen molar-refractivity contribution < 1.29 is 0 Å². The van der Waals surface area contributed by atoms with Crippen LogP contribution in [0.25, 0.3) is 0 Å².